The lowest BCUT2D eigenvalue weighted by atomic mass is 10.2. The summed E-state index contributed by atoms with van der Waals surface area (Å²) < 4.78 is 27.1. The molecule has 1 aromatic heterocycles. The van der Waals surface area contributed by atoms with E-state index in [4.69, 9.17) is 0 Å². The van der Waals surface area contributed by atoms with Crippen molar-refractivity contribution < 1.29 is 18.0 Å². The summed E-state index contributed by atoms with van der Waals surface area (Å²) in [5.41, 5.74) is 1.57. The average Bonchev–Trinajstić information content (AvgIpc) is 3.55. The van der Waals surface area contributed by atoms with Gasteiger partial charge >= 0.3 is 6.03 Å². The first-order valence-electron chi connectivity index (χ1n) is 10.9. The van der Waals surface area contributed by atoms with Crippen LogP contribution in [0.5, 0.6) is 0 Å². The van der Waals surface area contributed by atoms with Gasteiger partial charge in [0.15, 0.2) is 0 Å². The molecule has 2 fully saturated rings. The van der Waals surface area contributed by atoms with E-state index in [0.717, 1.165) is 55.7 Å². The van der Waals surface area contributed by atoms with Crippen molar-refractivity contribution in [2.75, 3.05) is 31.5 Å². The van der Waals surface area contributed by atoms with Crippen LogP contribution in [0, 0.1) is 0 Å². The summed E-state index contributed by atoms with van der Waals surface area (Å²) in [5, 5.41) is 5.78. The summed E-state index contributed by atoms with van der Waals surface area (Å²) in [6.45, 7) is 3.02. The van der Waals surface area contributed by atoms with E-state index in [1.54, 1.807) is 17.0 Å². The standard InChI is InChI=1S/C22H28N4O4S2/c27-20(15-19-8-9-21(31-19)32(29,30)26-12-3-4-13-26)23-16-17-6-5-7-18(14-17)24-22(28)25-10-1-2-11-25/h5-9,14H,1-4,10-13,15-16H2,(H,23,27)(H,24,28). The molecule has 4 rings (SSSR count). The number of sulfonamides is 1. The number of amides is 3. The number of carbonyl (C=O) groups is 2. The van der Waals surface area contributed by atoms with Crippen LogP contribution in [0.4, 0.5) is 10.5 Å². The van der Waals surface area contributed by atoms with Crippen LogP contribution in [0.2, 0.25) is 0 Å². The van der Waals surface area contributed by atoms with Gasteiger partial charge < -0.3 is 15.5 Å². The molecule has 0 aliphatic carbocycles. The topological polar surface area (TPSA) is 98.8 Å². The van der Waals surface area contributed by atoms with Gasteiger partial charge in [-0.2, -0.15) is 4.31 Å². The quantitative estimate of drug-likeness (QED) is 0.642. The fourth-order valence-corrected chi connectivity index (χ4v) is 6.98. The number of likely N-dealkylation sites (tertiary alicyclic amines) is 1. The van der Waals surface area contributed by atoms with Crippen LogP contribution in [-0.4, -0.2) is 55.7 Å². The highest BCUT2D eigenvalue weighted by Crippen LogP contribution is 2.27. The van der Waals surface area contributed by atoms with E-state index in [9.17, 15) is 18.0 Å². The van der Waals surface area contributed by atoms with Crippen LogP contribution in [0.25, 0.3) is 0 Å². The second-order valence-corrected chi connectivity index (χ2v) is 11.4. The molecule has 2 saturated heterocycles. The highest BCUT2D eigenvalue weighted by molar-refractivity contribution is 7.91. The van der Waals surface area contributed by atoms with Gasteiger partial charge in [0.05, 0.1) is 6.42 Å². The molecule has 0 bridgehead atoms. The number of anilines is 1. The lowest BCUT2D eigenvalue weighted by Gasteiger charge is -2.16. The molecule has 0 atom stereocenters. The Morgan fingerprint density at radius 1 is 0.969 bits per heavy atom. The van der Waals surface area contributed by atoms with Gasteiger partial charge in [0.25, 0.3) is 10.0 Å². The first kappa shape index (κ1) is 22.8. The summed E-state index contributed by atoms with van der Waals surface area (Å²) in [4.78, 5) is 27.2. The summed E-state index contributed by atoms with van der Waals surface area (Å²) >= 11 is 1.16. The van der Waals surface area contributed by atoms with E-state index in [1.807, 2.05) is 24.3 Å². The molecule has 0 radical (unpaired) electrons. The van der Waals surface area contributed by atoms with Gasteiger partial charge in [-0.1, -0.05) is 12.1 Å². The van der Waals surface area contributed by atoms with Crippen molar-refractivity contribution in [2.45, 2.75) is 42.9 Å². The van der Waals surface area contributed by atoms with E-state index in [2.05, 4.69) is 10.6 Å². The molecule has 0 saturated carbocycles. The molecule has 32 heavy (non-hydrogen) atoms. The van der Waals surface area contributed by atoms with Gasteiger partial charge in [-0.15, -0.1) is 11.3 Å². The third-order valence-corrected chi connectivity index (χ3v) is 9.14. The Kier molecular flexibility index (Phi) is 7.12. The van der Waals surface area contributed by atoms with Gasteiger partial charge in [-0.25, -0.2) is 13.2 Å². The molecule has 3 heterocycles. The van der Waals surface area contributed by atoms with E-state index in [1.165, 1.54) is 4.31 Å². The van der Waals surface area contributed by atoms with Crippen LogP contribution >= 0.6 is 11.3 Å². The summed E-state index contributed by atoms with van der Waals surface area (Å²) in [5.74, 6) is -0.177. The molecule has 172 valence electrons. The fourth-order valence-electron chi connectivity index (χ4n) is 3.95. The maximum absolute atomic E-state index is 12.6. The Morgan fingerprint density at radius 2 is 1.69 bits per heavy atom. The van der Waals surface area contributed by atoms with E-state index in [-0.39, 0.29) is 18.4 Å². The zero-order chi connectivity index (χ0) is 22.6. The Hall–Kier alpha value is -2.43. The normalized spacial score (nSPS) is 16.9. The summed E-state index contributed by atoms with van der Waals surface area (Å²) in [6, 6.07) is 10.6. The second-order valence-electron chi connectivity index (χ2n) is 8.11. The first-order chi connectivity index (χ1) is 15.4. The van der Waals surface area contributed by atoms with Crippen LogP contribution in [0.3, 0.4) is 0 Å². The predicted octanol–water partition coefficient (Wildman–Crippen LogP) is 3.02. The van der Waals surface area contributed by atoms with Gasteiger partial charge in [0.2, 0.25) is 5.91 Å². The minimum Gasteiger partial charge on any atom is -0.352 e. The molecule has 2 N–H and O–H groups in total. The largest absolute Gasteiger partial charge is 0.352 e. The molecule has 0 unspecified atom stereocenters. The molecule has 10 heteroatoms. The van der Waals surface area contributed by atoms with Crippen molar-refractivity contribution >= 4 is 39.0 Å². The third kappa shape index (κ3) is 5.48. The predicted molar refractivity (Wildman–Crippen MR) is 124 cm³/mol. The van der Waals surface area contributed by atoms with Gasteiger partial charge in [-0.05, 0) is 55.5 Å². The Morgan fingerprint density at radius 3 is 2.44 bits per heavy atom. The molecule has 8 nitrogen and oxygen atoms in total. The maximum Gasteiger partial charge on any atom is 0.321 e. The van der Waals surface area contributed by atoms with Gasteiger partial charge in [-0.3, -0.25) is 4.79 Å². The fraction of sp³-hybridized carbons (Fsp3) is 0.455. The summed E-state index contributed by atoms with van der Waals surface area (Å²) in [7, 11) is -3.45. The van der Waals surface area contributed by atoms with Crippen molar-refractivity contribution in [3.63, 3.8) is 0 Å². The van der Waals surface area contributed by atoms with Crippen molar-refractivity contribution in [1.29, 1.82) is 0 Å². The molecular formula is C22H28N4O4S2. The van der Waals surface area contributed by atoms with Crippen molar-refractivity contribution in [3.05, 3.63) is 46.8 Å². The van der Waals surface area contributed by atoms with E-state index in [0.29, 0.717) is 34.4 Å². The Labute approximate surface area is 192 Å². The highest BCUT2D eigenvalue weighted by atomic mass is 32.2. The monoisotopic (exact) mass is 476 g/mol. The molecule has 3 amide bonds. The maximum atomic E-state index is 12.6. The van der Waals surface area contributed by atoms with E-state index < -0.39 is 10.0 Å². The lowest BCUT2D eigenvalue weighted by molar-refractivity contribution is -0.120. The molecule has 2 aromatic rings. The molecule has 2 aliphatic heterocycles. The van der Waals surface area contributed by atoms with Crippen molar-refractivity contribution in [2.24, 2.45) is 0 Å². The molecule has 1 aromatic carbocycles. The number of benzene rings is 1. The van der Waals surface area contributed by atoms with Crippen molar-refractivity contribution in [1.82, 2.24) is 14.5 Å². The average molecular weight is 477 g/mol. The number of thiophene rings is 1. The summed E-state index contributed by atoms with van der Waals surface area (Å²) in [6.07, 6.45) is 3.99. The Balaban J connectivity index is 1.29. The number of hydrogen-bond acceptors (Lipinski definition) is 5. The highest BCUT2D eigenvalue weighted by Gasteiger charge is 2.28. The number of carbonyl (C=O) groups excluding carboxylic acids is 2. The van der Waals surface area contributed by atoms with Crippen molar-refractivity contribution in [3.8, 4) is 0 Å². The number of nitrogens with zero attached hydrogens (tertiary/aromatic N) is 2. The smallest absolute Gasteiger partial charge is 0.321 e. The Bertz CT molecular complexity index is 1070. The minimum atomic E-state index is -3.45. The number of hydrogen-bond donors (Lipinski definition) is 2. The first-order valence-corrected chi connectivity index (χ1v) is 13.2. The van der Waals surface area contributed by atoms with Crippen LogP contribution < -0.4 is 10.6 Å². The number of nitrogens with one attached hydrogen (secondary N) is 2. The SMILES string of the molecule is O=C(Cc1ccc(S(=O)(=O)N2CCCC2)s1)NCc1cccc(NC(=O)N2CCCC2)c1. The van der Waals surface area contributed by atoms with Crippen LogP contribution in [0.1, 0.15) is 36.1 Å². The van der Waals surface area contributed by atoms with Crippen LogP contribution in [0.15, 0.2) is 40.6 Å². The zero-order valence-electron chi connectivity index (χ0n) is 17.9. The number of urea groups is 1. The number of rotatable bonds is 7. The second kappa shape index (κ2) is 10.0. The zero-order valence-corrected chi connectivity index (χ0v) is 19.5. The van der Waals surface area contributed by atoms with Gasteiger partial charge in [0.1, 0.15) is 4.21 Å². The minimum absolute atomic E-state index is 0.0962. The van der Waals surface area contributed by atoms with E-state index >= 15 is 0 Å². The lowest BCUT2D eigenvalue weighted by Crippen LogP contribution is -2.32. The molecule has 2 aliphatic rings. The van der Waals surface area contributed by atoms with Crippen LogP contribution in [-0.2, 0) is 27.8 Å². The third-order valence-electron chi connectivity index (χ3n) is 5.69. The molecule has 0 spiro atoms. The van der Waals surface area contributed by atoms with Gasteiger partial charge in [0, 0.05) is 43.3 Å². The molecular weight excluding hydrogens is 448 g/mol.